The number of aliphatic hydroxyl groups is 2. The van der Waals surface area contributed by atoms with E-state index in [2.05, 4.69) is 86.8 Å². The summed E-state index contributed by atoms with van der Waals surface area (Å²) in [6.07, 6.45) is 54.2. The fourth-order valence-corrected chi connectivity index (χ4v) is 7.01. The van der Waals surface area contributed by atoms with Crippen LogP contribution in [0.2, 0.25) is 0 Å². The van der Waals surface area contributed by atoms with Crippen LogP contribution < -0.4 is 5.32 Å². The van der Waals surface area contributed by atoms with Crippen molar-refractivity contribution in [2.45, 2.75) is 244 Å². The second kappa shape index (κ2) is 44.7. The van der Waals surface area contributed by atoms with Crippen LogP contribution in [0.1, 0.15) is 226 Å². The van der Waals surface area contributed by atoms with Gasteiger partial charge in [-0.2, -0.15) is 0 Å². The minimum Gasteiger partial charge on any atom is -0.462 e. The molecule has 0 aromatic rings. The number of ether oxygens (including phenoxy) is 1. The van der Waals surface area contributed by atoms with E-state index in [1.807, 2.05) is 0 Å². The summed E-state index contributed by atoms with van der Waals surface area (Å²) < 4.78 is 5.89. The summed E-state index contributed by atoms with van der Waals surface area (Å²) in [6, 6.07) is -0.713. The first-order valence-corrected chi connectivity index (χ1v) is 24.1. The molecule has 330 valence electrons. The highest BCUT2D eigenvalue weighted by Crippen LogP contribution is 2.17. The van der Waals surface area contributed by atoms with Crippen LogP contribution in [0.15, 0.2) is 60.8 Å². The molecule has 0 bridgehead atoms. The maximum atomic E-state index is 13.1. The van der Waals surface area contributed by atoms with Crippen molar-refractivity contribution in [3.63, 3.8) is 0 Å². The maximum absolute atomic E-state index is 13.1. The maximum Gasteiger partial charge on any atom is 0.306 e. The molecule has 0 spiro atoms. The monoisotopic (exact) mass is 798 g/mol. The molecule has 0 saturated heterocycles. The van der Waals surface area contributed by atoms with Crippen LogP contribution in [0.5, 0.6) is 0 Å². The van der Waals surface area contributed by atoms with Gasteiger partial charge in [-0.05, 0) is 70.6 Å². The van der Waals surface area contributed by atoms with E-state index in [0.717, 1.165) is 96.3 Å². The second-order valence-electron chi connectivity index (χ2n) is 16.2. The van der Waals surface area contributed by atoms with Gasteiger partial charge in [-0.3, -0.25) is 9.59 Å². The first kappa shape index (κ1) is 54.6. The van der Waals surface area contributed by atoms with Gasteiger partial charge < -0.3 is 20.3 Å². The minimum absolute atomic E-state index is 0.0516. The summed E-state index contributed by atoms with van der Waals surface area (Å²) in [6.45, 7) is 6.31. The van der Waals surface area contributed by atoms with E-state index in [9.17, 15) is 19.8 Å². The number of amides is 1. The molecule has 3 atom stereocenters. The molecule has 0 aromatic carbocycles. The molecular formula is C51H91NO5. The first-order chi connectivity index (χ1) is 28.0. The molecule has 0 heterocycles. The number of esters is 1. The number of aliphatic hydroxyl groups excluding tert-OH is 2. The van der Waals surface area contributed by atoms with Gasteiger partial charge in [0.15, 0.2) is 0 Å². The van der Waals surface area contributed by atoms with E-state index in [-0.39, 0.29) is 24.9 Å². The fraction of sp³-hybridized carbons (Fsp3) is 0.765. The van der Waals surface area contributed by atoms with Crippen LogP contribution in [0.4, 0.5) is 0 Å². The highest BCUT2D eigenvalue weighted by atomic mass is 16.5. The molecule has 0 saturated carbocycles. The molecule has 6 nitrogen and oxygen atoms in total. The fourth-order valence-electron chi connectivity index (χ4n) is 7.01. The summed E-state index contributed by atoms with van der Waals surface area (Å²) in [5.74, 6) is -0.529. The van der Waals surface area contributed by atoms with Crippen molar-refractivity contribution >= 4 is 11.9 Å². The molecule has 0 aromatic heterocycles. The van der Waals surface area contributed by atoms with Crippen LogP contribution in [0, 0.1) is 0 Å². The number of unbranched alkanes of at least 4 members (excludes halogenated alkanes) is 23. The van der Waals surface area contributed by atoms with Gasteiger partial charge in [0.05, 0.1) is 25.2 Å². The van der Waals surface area contributed by atoms with Gasteiger partial charge in [0.2, 0.25) is 5.91 Å². The lowest BCUT2D eigenvalue weighted by Gasteiger charge is -2.24. The third kappa shape index (κ3) is 40.1. The normalized spacial score (nSPS) is 13.8. The van der Waals surface area contributed by atoms with E-state index >= 15 is 0 Å². The second-order valence-corrected chi connectivity index (χ2v) is 16.2. The summed E-state index contributed by atoms with van der Waals surface area (Å²) in [5, 5.41) is 23.6. The minimum atomic E-state index is -0.797. The number of hydrogen-bond acceptors (Lipinski definition) is 5. The third-order valence-electron chi connectivity index (χ3n) is 10.7. The lowest BCUT2D eigenvalue weighted by atomic mass is 10.0. The molecule has 0 fully saturated rings. The van der Waals surface area contributed by atoms with Crippen LogP contribution in [0.3, 0.4) is 0 Å². The Balaban J connectivity index is 4.66. The van der Waals surface area contributed by atoms with Crippen molar-refractivity contribution in [3.05, 3.63) is 60.8 Å². The number of rotatable bonds is 42. The average molecular weight is 798 g/mol. The molecule has 0 aliphatic rings. The lowest BCUT2D eigenvalue weighted by molar-refractivity contribution is -0.151. The van der Waals surface area contributed by atoms with Gasteiger partial charge in [0.1, 0.15) is 6.10 Å². The molecule has 0 radical (unpaired) electrons. The van der Waals surface area contributed by atoms with Crippen LogP contribution >= 0.6 is 0 Å². The van der Waals surface area contributed by atoms with Crippen molar-refractivity contribution in [2.24, 2.45) is 0 Å². The Hall–Kier alpha value is -2.44. The SMILES string of the molecule is CC/C=C/C=C/C=C/CCCCCCCC(CC(=O)NC(CO)C(O)CCCCCCCCCCC)OC(=O)CCCCC/C=C/C=C/CCCCCCCCC. The zero-order chi connectivity index (χ0) is 41.7. The summed E-state index contributed by atoms with van der Waals surface area (Å²) in [7, 11) is 0. The van der Waals surface area contributed by atoms with Gasteiger partial charge in [0.25, 0.3) is 0 Å². The van der Waals surface area contributed by atoms with Gasteiger partial charge >= 0.3 is 5.97 Å². The van der Waals surface area contributed by atoms with Crippen molar-refractivity contribution in [3.8, 4) is 0 Å². The predicted octanol–water partition coefficient (Wildman–Crippen LogP) is 14.1. The largest absolute Gasteiger partial charge is 0.462 e. The Morgan fingerprint density at radius 3 is 1.44 bits per heavy atom. The van der Waals surface area contributed by atoms with E-state index in [0.29, 0.717) is 19.3 Å². The van der Waals surface area contributed by atoms with Crippen molar-refractivity contribution in [1.29, 1.82) is 0 Å². The highest BCUT2D eigenvalue weighted by molar-refractivity contribution is 5.77. The average Bonchev–Trinajstić information content (AvgIpc) is 3.20. The molecule has 0 aliphatic heterocycles. The quantitative estimate of drug-likeness (QED) is 0.0325. The summed E-state index contributed by atoms with van der Waals surface area (Å²) in [5.41, 5.74) is 0. The van der Waals surface area contributed by atoms with Gasteiger partial charge in [-0.25, -0.2) is 0 Å². The summed E-state index contributed by atoms with van der Waals surface area (Å²) in [4.78, 5) is 26.0. The van der Waals surface area contributed by atoms with E-state index in [1.54, 1.807) is 0 Å². The van der Waals surface area contributed by atoms with Gasteiger partial charge in [-0.1, -0.05) is 204 Å². The van der Waals surface area contributed by atoms with Crippen LogP contribution in [0.25, 0.3) is 0 Å². The number of hydrogen-bond donors (Lipinski definition) is 3. The molecule has 1 amide bonds. The third-order valence-corrected chi connectivity index (χ3v) is 10.7. The molecule has 57 heavy (non-hydrogen) atoms. The number of carbonyl (C=O) groups is 2. The molecule has 0 rings (SSSR count). The highest BCUT2D eigenvalue weighted by Gasteiger charge is 2.24. The Labute approximate surface area is 352 Å². The van der Waals surface area contributed by atoms with E-state index in [1.165, 1.54) is 83.5 Å². The van der Waals surface area contributed by atoms with Gasteiger partial charge in [0, 0.05) is 6.42 Å². The Bertz CT molecular complexity index is 1030. The number of nitrogens with one attached hydrogen (secondary N) is 1. The van der Waals surface area contributed by atoms with E-state index < -0.39 is 18.2 Å². The molecule has 0 aliphatic carbocycles. The standard InChI is InChI=1S/C51H91NO5/c1-4-7-10-13-16-19-21-23-24-25-27-29-32-35-38-41-44-51(56)57-47(42-39-36-33-31-28-26-22-20-17-14-11-8-5-2)45-50(55)52-48(46-53)49(54)43-40-37-34-30-18-15-12-9-6-3/h8,11,14,17,20,22,24-25,27,29,47-49,53-54H,4-7,9-10,12-13,15-16,18-19,21,23,26,28,30-46H2,1-3H3,(H,52,55)/b11-8+,17-14+,22-20+,25-24+,29-27+. The van der Waals surface area contributed by atoms with Crippen LogP contribution in [-0.2, 0) is 14.3 Å². The Morgan fingerprint density at radius 1 is 0.526 bits per heavy atom. The predicted molar refractivity (Wildman–Crippen MR) is 245 cm³/mol. The molecule has 3 N–H and O–H groups in total. The first-order valence-electron chi connectivity index (χ1n) is 24.1. The summed E-state index contributed by atoms with van der Waals surface area (Å²) >= 11 is 0. The van der Waals surface area contributed by atoms with Crippen molar-refractivity contribution < 1.29 is 24.5 Å². The van der Waals surface area contributed by atoms with Crippen LogP contribution in [-0.4, -0.2) is 46.9 Å². The molecule has 6 heteroatoms. The Morgan fingerprint density at radius 2 is 0.947 bits per heavy atom. The molecule has 3 unspecified atom stereocenters. The number of allylic oxidation sites excluding steroid dienone is 10. The van der Waals surface area contributed by atoms with E-state index in [4.69, 9.17) is 4.74 Å². The van der Waals surface area contributed by atoms with Gasteiger partial charge in [-0.15, -0.1) is 0 Å². The zero-order valence-corrected chi connectivity index (χ0v) is 37.5. The molecular weight excluding hydrogens is 707 g/mol. The zero-order valence-electron chi connectivity index (χ0n) is 37.5. The van der Waals surface area contributed by atoms with Crippen molar-refractivity contribution in [2.75, 3.05) is 6.61 Å². The topological polar surface area (TPSA) is 95.9 Å². The number of carbonyl (C=O) groups excluding carboxylic acids is 2. The van der Waals surface area contributed by atoms with Crippen molar-refractivity contribution in [1.82, 2.24) is 5.32 Å². The lowest BCUT2D eigenvalue weighted by Crippen LogP contribution is -2.46. The Kier molecular flexibility index (Phi) is 42.7. The smallest absolute Gasteiger partial charge is 0.306 e.